The van der Waals surface area contributed by atoms with Crippen LogP contribution in [0.4, 0.5) is 0 Å². The van der Waals surface area contributed by atoms with Crippen LogP contribution >= 0.6 is 15.9 Å². The summed E-state index contributed by atoms with van der Waals surface area (Å²) in [6, 6.07) is 9.23. The van der Waals surface area contributed by atoms with E-state index in [1.54, 1.807) is 7.11 Å². The fourth-order valence-electron chi connectivity index (χ4n) is 2.52. The number of hydrogen-bond acceptors (Lipinski definition) is 3. The van der Waals surface area contributed by atoms with Crippen LogP contribution < -0.4 is 5.73 Å². The van der Waals surface area contributed by atoms with Gasteiger partial charge in [-0.05, 0) is 38.0 Å². The Morgan fingerprint density at radius 2 is 1.85 bits per heavy atom. The van der Waals surface area contributed by atoms with Crippen LogP contribution in [-0.2, 0) is 4.74 Å². The Bertz CT molecular complexity index is 381. The van der Waals surface area contributed by atoms with Gasteiger partial charge in [-0.2, -0.15) is 0 Å². The standard InChI is InChI=1S/C16H27BrN2O/c1-5-12(2)19(10-11-20-4)16(13(3)18)14-6-8-15(17)9-7-14/h6-9,12-13,16H,5,10-11,18H2,1-4H3. The molecule has 0 aliphatic carbocycles. The molecular formula is C16H27BrN2O. The predicted octanol–water partition coefficient (Wildman–Crippen LogP) is 3.58. The van der Waals surface area contributed by atoms with Crippen molar-refractivity contribution < 1.29 is 4.74 Å². The molecule has 1 aromatic rings. The molecule has 1 aromatic carbocycles. The van der Waals surface area contributed by atoms with Crippen molar-refractivity contribution in [2.75, 3.05) is 20.3 Å². The Balaban J connectivity index is 3.03. The van der Waals surface area contributed by atoms with Crippen molar-refractivity contribution in [2.45, 2.75) is 45.3 Å². The third kappa shape index (κ3) is 4.85. The summed E-state index contributed by atoms with van der Waals surface area (Å²) < 4.78 is 6.36. The fourth-order valence-corrected chi connectivity index (χ4v) is 2.79. The van der Waals surface area contributed by atoms with E-state index in [1.165, 1.54) is 5.56 Å². The van der Waals surface area contributed by atoms with E-state index in [0.29, 0.717) is 6.04 Å². The molecule has 0 fully saturated rings. The van der Waals surface area contributed by atoms with E-state index in [0.717, 1.165) is 24.0 Å². The first-order valence-electron chi connectivity index (χ1n) is 7.27. The van der Waals surface area contributed by atoms with E-state index < -0.39 is 0 Å². The highest BCUT2D eigenvalue weighted by molar-refractivity contribution is 9.10. The fraction of sp³-hybridized carbons (Fsp3) is 0.625. The molecule has 0 amide bonds. The van der Waals surface area contributed by atoms with Gasteiger partial charge in [-0.25, -0.2) is 0 Å². The maximum atomic E-state index is 6.28. The molecule has 20 heavy (non-hydrogen) atoms. The van der Waals surface area contributed by atoms with Gasteiger partial charge in [0.15, 0.2) is 0 Å². The molecule has 0 saturated carbocycles. The molecule has 0 radical (unpaired) electrons. The van der Waals surface area contributed by atoms with Crippen molar-refractivity contribution in [2.24, 2.45) is 5.73 Å². The predicted molar refractivity (Wildman–Crippen MR) is 88.9 cm³/mol. The zero-order valence-corrected chi connectivity index (χ0v) is 14.6. The van der Waals surface area contributed by atoms with Crippen LogP contribution in [0.15, 0.2) is 28.7 Å². The lowest BCUT2D eigenvalue weighted by molar-refractivity contribution is 0.0786. The minimum absolute atomic E-state index is 0.0713. The highest BCUT2D eigenvalue weighted by Crippen LogP contribution is 2.27. The monoisotopic (exact) mass is 342 g/mol. The number of nitrogens with two attached hydrogens (primary N) is 1. The van der Waals surface area contributed by atoms with Crippen molar-refractivity contribution >= 4 is 15.9 Å². The summed E-state index contributed by atoms with van der Waals surface area (Å²) in [5.74, 6) is 0. The Labute approximate surface area is 131 Å². The summed E-state index contributed by atoms with van der Waals surface area (Å²) in [5.41, 5.74) is 7.54. The molecule has 2 N–H and O–H groups in total. The molecule has 0 aliphatic rings. The van der Waals surface area contributed by atoms with Gasteiger partial charge in [-0.15, -0.1) is 0 Å². The summed E-state index contributed by atoms with van der Waals surface area (Å²) in [6.45, 7) is 8.17. The number of benzene rings is 1. The molecule has 0 heterocycles. The number of rotatable bonds is 8. The lowest BCUT2D eigenvalue weighted by Crippen LogP contribution is -2.45. The SMILES string of the molecule is CCC(C)N(CCOC)C(c1ccc(Br)cc1)C(C)N. The number of hydrogen-bond donors (Lipinski definition) is 1. The van der Waals surface area contributed by atoms with E-state index in [2.05, 4.69) is 65.9 Å². The van der Waals surface area contributed by atoms with Gasteiger partial charge in [0, 0.05) is 36.3 Å². The quantitative estimate of drug-likeness (QED) is 0.784. The summed E-state index contributed by atoms with van der Waals surface area (Å²) >= 11 is 3.49. The van der Waals surface area contributed by atoms with Gasteiger partial charge in [-0.3, -0.25) is 4.90 Å². The third-order valence-electron chi connectivity index (χ3n) is 3.78. The van der Waals surface area contributed by atoms with Crippen LogP contribution in [-0.4, -0.2) is 37.2 Å². The van der Waals surface area contributed by atoms with Gasteiger partial charge < -0.3 is 10.5 Å². The van der Waals surface area contributed by atoms with Crippen LogP contribution in [0.3, 0.4) is 0 Å². The van der Waals surface area contributed by atoms with E-state index in [9.17, 15) is 0 Å². The van der Waals surface area contributed by atoms with E-state index in [1.807, 2.05) is 0 Å². The van der Waals surface area contributed by atoms with Gasteiger partial charge >= 0.3 is 0 Å². The first-order valence-corrected chi connectivity index (χ1v) is 8.06. The van der Waals surface area contributed by atoms with Crippen LogP contribution in [0, 0.1) is 0 Å². The zero-order valence-electron chi connectivity index (χ0n) is 13.0. The van der Waals surface area contributed by atoms with Crippen LogP contribution in [0.25, 0.3) is 0 Å². The largest absolute Gasteiger partial charge is 0.383 e. The van der Waals surface area contributed by atoms with Gasteiger partial charge in [0.25, 0.3) is 0 Å². The van der Waals surface area contributed by atoms with E-state index in [4.69, 9.17) is 10.5 Å². The second-order valence-electron chi connectivity index (χ2n) is 5.34. The molecule has 0 saturated heterocycles. The van der Waals surface area contributed by atoms with Crippen LogP contribution in [0.2, 0.25) is 0 Å². The lowest BCUT2D eigenvalue weighted by Gasteiger charge is -2.38. The van der Waals surface area contributed by atoms with Crippen molar-refractivity contribution in [3.63, 3.8) is 0 Å². The first-order chi connectivity index (χ1) is 9.51. The van der Waals surface area contributed by atoms with Crippen LogP contribution in [0.5, 0.6) is 0 Å². The van der Waals surface area contributed by atoms with Gasteiger partial charge in [0.05, 0.1) is 6.61 Å². The van der Waals surface area contributed by atoms with Crippen molar-refractivity contribution in [3.05, 3.63) is 34.3 Å². The highest BCUT2D eigenvalue weighted by Gasteiger charge is 2.26. The second-order valence-corrected chi connectivity index (χ2v) is 6.26. The molecule has 0 spiro atoms. The average Bonchev–Trinajstić information content (AvgIpc) is 2.43. The molecule has 3 unspecified atom stereocenters. The number of nitrogens with zero attached hydrogens (tertiary/aromatic N) is 1. The molecule has 3 atom stereocenters. The van der Waals surface area contributed by atoms with E-state index >= 15 is 0 Å². The number of halogens is 1. The van der Waals surface area contributed by atoms with Crippen molar-refractivity contribution in [3.8, 4) is 0 Å². The first kappa shape index (κ1) is 17.6. The minimum Gasteiger partial charge on any atom is -0.383 e. The minimum atomic E-state index is 0.0713. The maximum absolute atomic E-state index is 6.28. The molecule has 0 aromatic heterocycles. The molecule has 3 nitrogen and oxygen atoms in total. The Morgan fingerprint density at radius 1 is 1.25 bits per heavy atom. The van der Waals surface area contributed by atoms with Crippen molar-refractivity contribution in [1.82, 2.24) is 4.90 Å². The third-order valence-corrected chi connectivity index (χ3v) is 4.31. The van der Waals surface area contributed by atoms with Gasteiger partial charge in [0.1, 0.15) is 0 Å². The molecule has 1 rings (SSSR count). The molecule has 114 valence electrons. The lowest BCUT2D eigenvalue weighted by atomic mass is 9.97. The Morgan fingerprint density at radius 3 is 2.30 bits per heavy atom. The van der Waals surface area contributed by atoms with Crippen LogP contribution in [0.1, 0.15) is 38.8 Å². The normalized spacial score (nSPS) is 16.1. The van der Waals surface area contributed by atoms with Gasteiger partial charge in [0.2, 0.25) is 0 Å². The van der Waals surface area contributed by atoms with Gasteiger partial charge in [-0.1, -0.05) is 35.0 Å². The number of methoxy groups -OCH3 is 1. The summed E-state index contributed by atoms with van der Waals surface area (Å²) in [7, 11) is 1.75. The van der Waals surface area contributed by atoms with E-state index in [-0.39, 0.29) is 12.1 Å². The maximum Gasteiger partial charge on any atom is 0.0590 e. The molecule has 4 heteroatoms. The Hall–Kier alpha value is -0.420. The molecular weight excluding hydrogens is 316 g/mol. The topological polar surface area (TPSA) is 38.5 Å². The zero-order chi connectivity index (χ0) is 15.1. The molecule has 0 aliphatic heterocycles. The average molecular weight is 343 g/mol. The summed E-state index contributed by atoms with van der Waals surface area (Å²) in [6.07, 6.45) is 1.10. The summed E-state index contributed by atoms with van der Waals surface area (Å²) in [4.78, 5) is 2.46. The summed E-state index contributed by atoms with van der Waals surface area (Å²) in [5, 5.41) is 0. The Kier molecular flexibility index (Phi) is 7.74. The highest BCUT2D eigenvalue weighted by atomic mass is 79.9. The number of ether oxygens (including phenoxy) is 1. The second kappa shape index (κ2) is 8.78. The molecule has 0 bridgehead atoms. The smallest absolute Gasteiger partial charge is 0.0590 e. The van der Waals surface area contributed by atoms with Crippen molar-refractivity contribution in [1.29, 1.82) is 0 Å².